The van der Waals surface area contributed by atoms with Crippen molar-refractivity contribution < 1.29 is 0 Å². The van der Waals surface area contributed by atoms with Gasteiger partial charge < -0.3 is 5.73 Å². The first kappa shape index (κ1) is 13.5. The van der Waals surface area contributed by atoms with E-state index in [2.05, 4.69) is 28.8 Å². The number of nitrogens with two attached hydrogens (primary N) is 1. The molecule has 0 bridgehead atoms. The Hall–Kier alpha value is -0.940. The van der Waals surface area contributed by atoms with Gasteiger partial charge in [0.1, 0.15) is 12.2 Å². The molecule has 1 aromatic heterocycles. The summed E-state index contributed by atoms with van der Waals surface area (Å²) in [6.07, 6.45) is 5.18. The van der Waals surface area contributed by atoms with Gasteiger partial charge in [-0.05, 0) is 45.2 Å². The first-order valence-electron chi connectivity index (χ1n) is 7.05. The number of piperidine rings is 1. The number of aromatic nitrogens is 3. The van der Waals surface area contributed by atoms with Gasteiger partial charge in [-0.3, -0.25) is 4.90 Å². The number of rotatable bonds is 5. The molecule has 1 unspecified atom stereocenters. The fourth-order valence-electron chi connectivity index (χ4n) is 2.65. The third-order valence-corrected chi connectivity index (χ3v) is 3.87. The van der Waals surface area contributed by atoms with Crippen molar-refractivity contribution >= 4 is 0 Å². The summed E-state index contributed by atoms with van der Waals surface area (Å²) >= 11 is 0. The van der Waals surface area contributed by atoms with E-state index in [9.17, 15) is 0 Å². The van der Waals surface area contributed by atoms with Gasteiger partial charge in [-0.25, -0.2) is 9.67 Å². The third-order valence-electron chi connectivity index (χ3n) is 3.87. The summed E-state index contributed by atoms with van der Waals surface area (Å²) in [5.41, 5.74) is 5.97. The molecule has 102 valence electrons. The first-order valence-corrected chi connectivity index (χ1v) is 7.05. The molecular weight excluding hydrogens is 226 g/mol. The van der Waals surface area contributed by atoms with E-state index in [4.69, 9.17) is 5.73 Å². The van der Waals surface area contributed by atoms with Gasteiger partial charge in [0.15, 0.2) is 0 Å². The maximum atomic E-state index is 5.97. The van der Waals surface area contributed by atoms with E-state index in [1.54, 1.807) is 6.33 Å². The van der Waals surface area contributed by atoms with E-state index in [1.807, 2.05) is 4.68 Å². The van der Waals surface area contributed by atoms with Gasteiger partial charge in [0.2, 0.25) is 0 Å². The van der Waals surface area contributed by atoms with E-state index in [1.165, 1.54) is 12.8 Å². The average molecular weight is 251 g/mol. The van der Waals surface area contributed by atoms with E-state index in [-0.39, 0.29) is 0 Å². The summed E-state index contributed by atoms with van der Waals surface area (Å²) in [6, 6.07) is 0.330. The lowest BCUT2D eigenvalue weighted by molar-refractivity contribution is 0.160. The van der Waals surface area contributed by atoms with E-state index < -0.39 is 0 Å². The maximum absolute atomic E-state index is 5.97. The van der Waals surface area contributed by atoms with Crippen LogP contribution in [0.3, 0.4) is 0 Å². The molecule has 0 spiro atoms. The Bertz CT molecular complexity index is 352. The molecule has 18 heavy (non-hydrogen) atoms. The van der Waals surface area contributed by atoms with Crippen molar-refractivity contribution in [2.45, 2.75) is 52.2 Å². The zero-order chi connectivity index (χ0) is 13.0. The van der Waals surface area contributed by atoms with Crippen LogP contribution in [0.2, 0.25) is 0 Å². The number of hydrogen-bond donors (Lipinski definition) is 1. The smallest absolute Gasteiger partial charge is 0.141 e. The largest absolute Gasteiger partial charge is 0.328 e. The van der Waals surface area contributed by atoms with Gasteiger partial charge in [0.05, 0.1) is 6.54 Å². The normalized spacial score (nSPS) is 20.2. The van der Waals surface area contributed by atoms with Crippen LogP contribution >= 0.6 is 0 Å². The van der Waals surface area contributed by atoms with Crippen molar-refractivity contribution in [1.29, 1.82) is 0 Å². The standard InChI is InChI=1S/C13H25N5/c1-3-6-18-13(15-10-16-18)9-17-7-4-12(5-8-17)11(2)14/h10-12H,3-9,14H2,1-2H3. The topological polar surface area (TPSA) is 60.0 Å². The number of likely N-dealkylation sites (tertiary alicyclic amines) is 1. The van der Waals surface area contributed by atoms with Gasteiger partial charge in [-0.1, -0.05) is 6.92 Å². The van der Waals surface area contributed by atoms with Crippen molar-refractivity contribution in [2.24, 2.45) is 11.7 Å². The van der Waals surface area contributed by atoms with Gasteiger partial charge in [-0.2, -0.15) is 5.10 Å². The highest BCUT2D eigenvalue weighted by Crippen LogP contribution is 2.20. The molecule has 1 aromatic rings. The molecule has 0 aliphatic carbocycles. The quantitative estimate of drug-likeness (QED) is 0.855. The molecular formula is C13H25N5. The molecule has 1 atom stereocenters. The summed E-state index contributed by atoms with van der Waals surface area (Å²) in [5, 5.41) is 4.27. The Morgan fingerprint density at radius 2 is 2.17 bits per heavy atom. The Morgan fingerprint density at radius 1 is 1.44 bits per heavy atom. The van der Waals surface area contributed by atoms with Crippen LogP contribution in [0.5, 0.6) is 0 Å². The molecule has 5 heteroatoms. The summed E-state index contributed by atoms with van der Waals surface area (Å²) in [7, 11) is 0. The molecule has 2 N–H and O–H groups in total. The van der Waals surface area contributed by atoms with Crippen LogP contribution in [-0.4, -0.2) is 38.8 Å². The molecule has 2 heterocycles. The van der Waals surface area contributed by atoms with E-state index in [0.29, 0.717) is 12.0 Å². The minimum atomic E-state index is 0.330. The third kappa shape index (κ3) is 3.29. The average Bonchev–Trinajstić information content (AvgIpc) is 2.78. The molecule has 2 rings (SSSR count). The molecule has 1 saturated heterocycles. The monoisotopic (exact) mass is 251 g/mol. The van der Waals surface area contributed by atoms with Crippen molar-refractivity contribution in [1.82, 2.24) is 19.7 Å². The summed E-state index contributed by atoms with van der Waals surface area (Å²) in [6.45, 7) is 8.44. The van der Waals surface area contributed by atoms with Crippen LogP contribution < -0.4 is 5.73 Å². The molecule has 0 radical (unpaired) electrons. The van der Waals surface area contributed by atoms with Crippen LogP contribution in [0, 0.1) is 5.92 Å². The van der Waals surface area contributed by atoms with Gasteiger partial charge in [-0.15, -0.1) is 0 Å². The Kier molecular flexibility index (Phi) is 4.72. The van der Waals surface area contributed by atoms with Gasteiger partial charge in [0, 0.05) is 12.6 Å². The summed E-state index contributed by atoms with van der Waals surface area (Å²) < 4.78 is 2.03. The van der Waals surface area contributed by atoms with Crippen LogP contribution in [0.4, 0.5) is 0 Å². The number of hydrogen-bond acceptors (Lipinski definition) is 4. The number of aryl methyl sites for hydroxylation is 1. The minimum Gasteiger partial charge on any atom is -0.328 e. The molecule has 0 amide bonds. The summed E-state index contributed by atoms with van der Waals surface area (Å²) in [4.78, 5) is 6.84. The number of nitrogens with zero attached hydrogens (tertiary/aromatic N) is 4. The zero-order valence-electron chi connectivity index (χ0n) is 11.5. The SMILES string of the molecule is CCCn1ncnc1CN1CCC(C(C)N)CC1. The van der Waals surface area contributed by atoms with Crippen LogP contribution in [-0.2, 0) is 13.1 Å². The fourth-order valence-corrected chi connectivity index (χ4v) is 2.65. The molecule has 5 nitrogen and oxygen atoms in total. The zero-order valence-corrected chi connectivity index (χ0v) is 11.5. The van der Waals surface area contributed by atoms with Crippen LogP contribution in [0.25, 0.3) is 0 Å². The van der Waals surface area contributed by atoms with Crippen molar-refractivity contribution in [2.75, 3.05) is 13.1 Å². The lowest BCUT2D eigenvalue weighted by Gasteiger charge is -2.33. The second kappa shape index (κ2) is 6.29. The highest BCUT2D eigenvalue weighted by Gasteiger charge is 2.22. The Balaban J connectivity index is 1.85. The molecule has 1 aliphatic rings. The highest BCUT2D eigenvalue weighted by molar-refractivity contribution is 4.87. The Morgan fingerprint density at radius 3 is 2.78 bits per heavy atom. The minimum absolute atomic E-state index is 0.330. The van der Waals surface area contributed by atoms with E-state index in [0.717, 1.165) is 38.4 Å². The molecule has 0 saturated carbocycles. The van der Waals surface area contributed by atoms with Crippen molar-refractivity contribution in [3.05, 3.63) is 12.2 Å². The molecule has 1 fully saturated rings. The predicted molar refractivity (Wildman–Crippen MR) is 72.0 cm³/mol. The van der Waals surface area contributed by atoms with Gasteiger partial charge in [0.25, 0.3) is 0 Å². The highest BCUT2D eigenvalue weighted by atomic mass is 15.3. The lowest BCUT2D eigenvalue weighted by Crippen LogP contribution is -2.39. The first-order chi connectivity index (χ1) is 8.70. The van der Waals surface area contributed by atoms with Crippen LogP contribution in [0.1, 0.15) is 38.9 Å². The predicted octanol–water partition coefficient (Wildman–Crippen LogP) is 1.25. The molecule has 1 aliphatic heterocycles. The van der Waals surface area contributed by atoms with E-state index >= 15 is 0 Å². The van der Waals surface area contributed by atoms with Crippen LogP contribution in [0.15, 0.2) is 6.33 Å². The summed E-state index contributed by atoms with van der Waals surface area (Å²) in [5.74, 6) is 1.78. The van der Waals surface area contributed by atoms with Crippen molar-refractivity contribution in [3.8, 4) is 0 Å². The second-order valence-electron chi connectivity index (χ2n) is 5.37. The lowest BCUT2D eigenvalue weighted by atomic mass is 9.91. The maximum Gasteiger partial charge on any atom is 0.141 e. The van der Waals surface area contributed by atoms with Gasteiger partial charge >= 0.3 is 0 Å². The molecule has 0 aromatic carbocycles. The Labute approximate surface area is 109 Å². The van der Waals surface area contributed by atoms with Crippen molar-refractivity contribution in [3.63, 3.8) is 0 Å². The fraction of sp³-hybridized carbons (Fsp3) is 0.846. The second-order valence-corrected chi connectivity index (χ2v) is 5.37.